The predicted molar refractivity (Wildman–Crippen MR) is 55.7 cm³/mol. The van der Waals surface area contributed by atoms with Gasteiger partial charge in [0.15, 0.2) is 0 Å². The Morgan fingerprint density at radius 2 is 2.00 bits per heavy atom. The summed E-state index contributed by atoms with van der Waals surface area (Å²) in [5.74, 6) is -0.845. The van der Waals surface area contributed by atoms with Gasteiger partial charge in [-0.15, -0.1) is 0 Å². The highest BCUT2D eigenvalue weighted by Gasteiger charge is 2.38. The number of nitriles is 1. The molecular formula is C10H16N2O4. The minimum atomic E-state index is -1.43. The zero-order chi connectivity index (χ0) is 12.9. The molecule has 0 aromatic carbocycles. The number of ether oxygens (including phenoxy) is 1. The molecule has 1 atom stereocenters. The molecule has 0 aliphatic carbocycles. The molecule has 0 saturated carbocycles. The summed E-state index contributed by atoms with van der Waals surface area (Å²) < 4.78 is 4.65. The maximum absolute atomic E-state index is 11.4. The van der Waals surface area contributed by atoms with Crippen LogP contribution in [0.3, 0.4) is 0 Å². The quantitative estimate of drug-likeness (QED) is 0.733. The van der Waals surface area contributed by atoms with E-state index >= 15 is 0 Å². The zero-order valence-corrected chi connectivity index (χ0v) is 9.85. The van der Waals surface area contributed by atoms with Crippen LogP contribution in [-0.2, 0) is 9.53 Å². The number of hydrogen-bond donors (Lipinski definition) is 1. The number of carbonyl (C=O) groups is 2. The fourth-order valence-corrected chi connectivity index (χ4v) is 1.22. The number of carboxylic acid groups (broad SMARTS) is 1. The largest absolute Gasteiger partial charge is 0.465 e. The van der Waals surface area contributed by atoms with Crippen molar-refractivity contribution in [3.63, 3.8) is 0 Å². The third-order valence-corrected chi connectivity index (χ3v) is 1.82. The van der Waals surface area contributed by atoms with Crippen LogP contribution >= 0.6 is 0 Å². The van der Waals surface area contributed by atoms with Gasteiger partial charge in [-0.25, -0.2) is 9.59 Å². The standard InChI is InChI=1S/C10H16N2O4/c1-5-16-8(13)7(6-11)12(9(14)15)10(2,3)4/h7H,5H2,1-4H3,(H,14,15). The molecule has 0 aromatic heterocycles. The van der Waals surface area contributed by atoms with Crippen molar-refractivity contribution in [2.45, 2.75) is 39.3 Å². The van der Waals surface area contributed by atoms with E-state index in [4.69, 9.17) is 10.4 Å². The van der Waals surface area contributed by atoms with Gasteiger partial charge in [0, 0.05) is 5.54 Å². The van der Waals surface area contributed by atoms with Crippen LogP contribution < -0.4 is 0 Å². The lowest BCUT2D eigenvalue weighted by molar-refractivity contribution is -0.148. The Balaban J connectivity index is 5.11. The van der Waals surface area contributed by atoms with E-state index in [1.54, 1.807) is 33.8 Å². The monoisotopic (exact) mass is 228 g/mol. The van der Waals surface area contributed by atoms with E-state index in [0.29, 0.717) is 0 Å². The summed E-state index contributed by atoms with van der Waals surface area (Å²) >= 11 is 0. The van der Waals surface area contributed by atoms with Crippen LogP contribution in [0, 0.1) is 11.3 Å². The molecule has 0 saturated heterocycles. The molecule has 0 aliphatic rings. The fourth-order valence-electron chi connectivity index (χ4n) is 1.22. The maximum Gasteiger partial charge on any atom is 0.409 e. The molecule has 16 heavy (non-hydrogen) atoms. The minimum Gasteiger partial charge on any atom is -0.465 e. The van der Waals surface area contributed by atoms with Crippen LogP contribution in [0.5, 0.6) is 0 Å². The second-order valence-electron chi connectivity index (χ2n) is 4.11. The van der Waals surface area contributed by atoms with E-state index in [1.165, 1.54) is 0 Å². The van der Waals surface area contributed by atoms with Crippen LogP contribution in [-0.4, -0.2) is 40.3 Å². The third kappa shape index (κ3) is 3.42. The van der Waals surface area contributed by atoms with Gasteiger partial charge in [0.2, 0.25) is 6.04 Å². The Morgan fingerprint density at radius 1 is 1.50 bits per heavy atom. The van der Waals surface area contributed by atoms with Crippen molar-refractivity contribution >= 4 is 12.1 Å². The van der Waals surface area contributed by atoms with Gasteiger partial charge in [0.1, 0.15) is 0 Å². The molecule has 6 nitrogen and oxygen atoms in total. The number of amides is 1. The first-order chi connectivity index (χ1) is 7.25. The van der Waals surface area contributed by atoms with E-state index in [2.05, 4.69) is 4.74 Å². The summed E-state index contributed by atoms with van der Waals surface area (Å²) in [6, 6.07) is 0.212. The topological polar surface area (TPSA) is 90.6 Å². The average Bonchev–Trinajstić information content (AvgIpc) is 2.11. The van der Waals surface area contributed by atoms with Crippen LogP contribution in [0.4, 0.5) is 4.79 Å². The molecule has 6 heteroatoms. The number of nitrogens with zero attached hydrogens (tertiary/aromatic N) is 2. The van der Waals surface area contributed by atoms with Crippen molar-refractivity contribution in [1.29, 1.82) is 5.26 Å². The summed E-state index contributed by atoms with van der Waals surface area (Å²) in [6.45, 7) is 6.50. The first-order valence-electron chi connectivity index (χ1n) is 4.84. The van der Waals surface area contributed by atoms with Crippen molar-refractivity contribution < 1.29 is 19.4 Å². The highest BCUT2D eigenvalue weighted by Crippen LogP contribution is 2.18. The van der Waals surface area contributed by atoms with Crippen molar-refractivity contribution in [1.82, 2.24) is 4.90 Å². The molecule has 90 valence electrons. The lowest BCUT2D eigenvalue weighted by Gasteiger charge is -2.34. The highest BCUT2D eigenvalue weighted by atomic mass is 16.5. The van der Waals surface area contributed by atoms with Crippen molar-refractivity contribution in [3.8, 4) is 6.07 Å². The molecule has 0 fully saturated rings. The maximum atomic E-state index is 11.4. The summed E-state index contributed by atoms with van der Waals surface area (Å²) in [7, 11) is 0. The van der Waals surface area contributed by atoms with Gasteiger partial charge in [0.05, 0.1) is 12.7 Å². The number of hydrogen-bond acceptors (Lipinski definition) is 4. The second kappa shape index (κ2) is 5.35. The Hall–Kier alpha value is -1.77. The van der Waals surface area contributed by atoms with Crippen LogP contribution in [0.15, 0.2) is 0 Å². The Bertz CT molecular complexity index is 314. The van der Waals surface area contributed by atoms with Gasteiger partial charge in [-0.2, -0.15) is 5.26 Å². The smallest absolute Gasteiger partial charge is 0.409 e. The SMILES string of the molecule is CCOC(=O)C(C#N)N(C(=O)O)C(C)(C)C. The van der Waals surface area contributed by atoms with Crippen molar-refractivity contribution in [2.24, 2.45) is 0 Å². The van der Waals surface area contributed by atoms with E-state index in [1.807, 2.05) is 0 Å². The van der Waals surface area contributed by atoms with Gasteiger partial charge >= 0.3 is 12.1 Å². The van der Waals surface area contributed by atoms with Gasteiger partial charge in [-0.1, -0.05) is 0 Å². The van der Waals surface area contributed by atoms with Crippen LogP contribution in [0.1, 0.15) is 27.7 Å². The Kier molecular flexibility index (Phi) is 4.76. The third-order valence-electron chi connectivity index (χ3n) is 1.82. The molecule has 0 heterocycles. The van der Waals surface area contributed by atoms with E-state index in [-0.39, 0.29) is 6.61 Å². The number of rotatable bonds is 3. The van der Waals surface area contributed by atoms with E-state index in [0.717, 1.165) is 4.90 Å². The lowest BCUT2D eigenvalue weighted by atomic mass is 10.0. The molecule has 0 aliphatic heterocycles. The van der Waals surface area contributed by atoms with Crippen LogP contribution in [0.2, 0.25) is 0 Å². The Labute approximate surface area is 94.4 Å². The summed E-state index contributed by atoms with van der Waals surface area (Å²) in [5, 5.41) is 17.8. The van der Waals surface area contributed by atoms with Gasteiger partial charge in [-0.05, 0) is 27.7 Å². The lowest BCUT2D eigenvalue weighted by Crippen LogP contribution is -2.54. The number of carbonyl (C=O) groups excluding carboxylic acids is 1. The minimum absolute atomic E-state index is 0.106. The fraction of sp³-hybridized carbons (Fsp3) is 0.700. The molecule has 0 spiro atoms. The van der Waals surface area contributed by atoms with Gasteiger partial charge in [-0.3, -0.25) is 4.90 Å². The molecule has 0 radical (unpaired) electrons. The molecule has 1 N–H and O–H groups in total. The van der Waals surface area contributed by atoms with Gasteiger partial charge < -0.3 is 9.84 Å². The molecular weight excluding hydrogens is 212 g/mol. The first kappa shape index (κ1) is 14.2. The summed E-state index contributed by atoms with van der Waals surface area (Å²) in [6.07, 6.45) is -1.33. The molecule has 1 amide bonds. The predicted octanol–water partition coefficient (Wildman–Crippen LogP) is 1.22. The van der Waals surface area contributed by atoms with Crippen molar-refractivity contribution in [3.05, 3.63) is 0 Å². The van der Waals surface area contributed by atoms with Gasteiger partial charge in [0.25, 0.3) is 0 Å². The average molecular weight is 228 g/mol. The van der Waals surface area contributed by atoms with E-state index in [9.17, 15) is 9.59 Å². The first-order valence-corrected chi connectivity index (χ1v) is 4.84. The molecule has 0 rings (SSSR count). The Morgan fingerprint density at radius 3 is 2.25 bits per heavy atom. The molecule has 0 aromatic rings. The van der Waals surface area contributed by atoms with E-state index < -0.39 is 23.6 Å². The van der Waals surface area contributed by atoms with Crippen molar-refractivity contribution in [2.75, 3.05) is 6.61 Å². The number of esters is 1. The molecule has 1 unspecified atom stereocenters. The second-order valence-corrected chi connectivity index (χ2v) is 4.11. The summed E-state index contributed by atoms with van der Waals surface area (Å²) in [4.78, 5) is 23.2. The van der Waals surface area contributed by atoms with Crippen LogP contribution in [0.25, 0.3) is 0 Å². The highest BCUT2D eigenvalue weighted by molar-refractivity contribution is 5.84. The molecule has 0 bridgehead atoms. The zero-order valence-electron chi connectivity index (χ0n) is 9.85. The normalized spacial score (nSPS) is 12.4. The summed E-state index contributed by atoms with van der Waals surface area (Å²) in [5.41, 5.74) is -0.848.